The van der Waals surface area contributed by atoms with E-state index >= 15 is 0 Å². The lowest BCUT2D eigenvalue weighted by Gasteiger charge is -2.58. The molecule has 4 saturated heterocycles. The Morgan fingerprint density at radius 1 is 1.24 bits per heavy atom. The van der Waals surface area contributed by atoms with Crippen LogP contribution in [0.3, 0.4) is 0 Å². The van der Waals surface area contributed by atoms with Crippen LogP contribution in [0.25, 0.3) is 0 Å². The highest BCUT2D eigenvalue weighted by molar-refractivity contribution is 5.75. The van der Waals surface area contributed by atoms with Gasteiger partial charge in [0.15, 0.2) is 0 Å². The molecular weight excluding hydrogens is 366 g/mol. The summed E-state index contributed by atoms with van der Waals surface area (Å²) in [5.41, 5.74) is 2.68. The number of hydrogen-bond donors (Lipinski definition) is 1. The molecule has 0 aromatic carbocycles. The molecule has 4 aliphatic heterocycles. The van der Waals surface area contributed by atoms with Gasteiger partial charge in [0.25, 0.3) is 0 Å². The molecule has 5 nitrogen and oxygen atoms in total. The number of ether oxygens (including phenoxy) is 2. The highest BCUT2D eigenvalue weighted by atomic mass is 16.5. The van der Waals surface area contributed by atoms with Crippen molar-refractivity contribution in [2.45, 2.75) is 57.2 Å². The smallest absolute Gasteiger partial charge is 0.309 e. The average molecular weight is 401 g/mol. The molecule has 158 valence electrons. The van der Waals surface area contributed by atoms with E-state index in [1.54, 1.807) is 18.3 Å². The van der Waals surface area contributed by atoms with Crippen LogP contribution < -0.4 is 0 Å². The van der Waals surface area contributed by atoms with Crippen molar-refractivity contribution >= 4 is 5.97 Å². The molecule has 0 amide bonds. The summed E-state index contributed by atoms with van der Waals surface area (Å²) in [6.45, 7) is 5.05. The van der Waals surface area contributed by atoms with Crippen molar-refractivity contribution in [3.63, 3.8) is 0 Å². The molecule has 0 aromatic rings. The number of piperidine rings is 2. The number of rotatable bonds is 3. The molecule has 2 spiro atoms. The molecule has 7 rings (SSSR count). The fourth-order valence-electron chi connectivity index (χ4n) is 11.7. The van der Waals surface area contributed by atoms with Crippen molar-refractivity contribution in [1.82, 2.24) is 0 Å². The van der Waals surface area contributed by atoms with E-state index in [2.05, 4.69) is 6.92 Å². The predicted octanol–water partition coefficient (Wildman–Crippen LogP) is 2.49. The Bertz CT molecular complexity index is 869. The first kappa shape index (κ1) is 17.7. The van der Waals surface area contributed by atoms with Gasteiger partial charge in [-0.25, -0.2) is 0 Å². The average Bonchev–Trinajstić information content (AvgIpc) is 3.47. The number of carbonyl (C=O) groups is 1. The predicted molar refractivity (Wildman–Crippen MR) is 105 cm³/mol. The summed E-state index contributed by atoms with van der Waals surface area (Å²) >= 11 is 0. The lowest BCUT2D eigenvalue weighted by Crippen LogP contribution is -2.70. The summed E-state index contributed by atoms with van der Waals surface area (Å²) < 4.78 is 13.2. The van der Waals surface area contributed by atoms with E-state index < -0.39 is 0 Å². The van der Waals surface area contributed by atoms with Gasteiger partial charge in [-0.15, -0.1) is 0 Å². The largest absolute Gasteiger partial charge is 0.469 e. The summed E-state index contributed by atoms with van der Waals surface area (Å²) in [6, 6.07) is 0.503. The van der Waals surface area contributed by atoms with E-state index in [1.165, 1.54) is 32.4 Å². The van der Waals surface area contributed by atoms with E-state index in [0.29, 0.717) is 29.7 Å². The number of aliphatic hydroxyl groups excluding tert-OH is 1. The fourth-order valence-corrected chi connectivity index (χ4v) is 11.7. The molecule has 0 aromatic heterocycles. The maximum absolute atomic E-state index is 13.0. The third kappa shape index (κ3) is 1.33. The Morgan fingerprint density at radius 3 is 2.76 bits per heavy atom. The first-order valence-electron chi connectivity index (χ1n) is 11.8. The van der Waals surface area contributed by atoms with Crippen molar-refractivity contribution in [2.75, 3.05) is 33.9 Å². The zero-order chi connectivity index (χ0) is 20.0. The van der Waals surface area contributed by atoms with Crippen LogP contribution in [-0.2, 0) is 14.3 Å². The van der Waals surface area contributed by atoms with Gasteiger partial charge in [-0.3, -0.25) is 9.28 Å². The minimum atomic E-state index is -0.243. The summed E-state index contributed by atoms with van der Waals surface area (Å²) in [6.07, 6.45) is 6.64. The molecule has 10 atom stereocenters. The van der Waals surface area contributed by atoms with Crippen molar-refractivity contribution < 1.29 is 23.9 Å². The molecule has 5 fully saturated rings. The molecule has 7 aliphatic rings. The topological polar surface area (TPSA) is 55.8 Å². The van der Waals surface area contributed by atoms with E-state index in [9.17, 15) is 9.90 Å². The molecule has 3 unspecified atom stereocenters. The van der Waals surface area contributed by atoms with Gasteiger partial charge in [-0.05, 0) is 38.0 Å². The number of allylic oxidation sites excluding steroid dienone is 1. The Morgan fingerprint density at radius 2 is 2.03 bits per heavy atom. The molecule has 0 radical (unpaired) electrons. The van der Waals surface area contributed by atoms with Crippen LogP contribution in [-0.4, -0.2) is 61.2 Å². The van der Waals surface area contributed by atoms with Gasteiger partial charge in [-0.2, -0.15) is 0 Å². The molecular formula is C24H34NO4+. The maximum atomic E-state index is 13.0. The third-order valence-corrected chi connectivity index (χ3v) is 11.7. The summed E-state index contributed by atoms with van der Waals surface area (Å²) in [4.78, 5) is 13.0. The second-order valence-electron chi connectivity index (χ2n) is 11.5. The van der Waals surface area contributed by atoms with Crippen molar-refractivity contribution in [1.29, 1.82) is 0 Å². The second kappa shape index (κ2) is 4.94. The van der Waals surface area contributed by atoms with Crippen LogP contribution in [0.5, 0.6) is 0 Å². The highest BCUT2D eigenvalue weighted by Crippen LogP contribution is 2.88. The SMILES string of the molecule is COC(=O)[C@@H]1C[C@@]23C4=C(CC[C@H]5C[N+]67C[C@@H](C)C(CC6[C@@]52CO)[C@@]37OC)CC[C@@H]41. The second-order valence-corrected chi connectivity index (χ2v) is 11.5. The Balaban J connectivity index is 1.58. The lowest BCUT2D eigenvalue weighted by atomic mass is 9.45. The summed E-state index contributed by atoms with van der Waals surface area (Å²) in [5.74, 6) is 1.96. The van der Waals surface area contributed by atoms with Gasteiger partial charge in [0.1, 0.15) is 6.04 Å². The zero-order valence-electron chi connectivity index (χ0n) is 17.9. The van der Waals surface area contributed by atoms with E-state index in [1.807, 2.05) is 7.11 Å². The Kier molecular flexibility index (Phi) is 3.02. The molecule has 5 heteroatoms. The molecule has 29 heavy (non-hydrogen) atoms. The van der Waals surface area contributed by atoms with Gasteiger partial charge < -0.3 is 14.6 Å². The van der Waals surface area contributed by atoms with Gasteiger partial charge >= 0.3 is 5.97 Å². The van der Waals surface area contributed by atoms with Crippen LogP contribution in [0.2, 0.25) is 0 Å². The Labute approximate surface area is 173 Å². The first-order valence-corrected chi connectivity index (χ1v) is 11.8. The van der Waals surface area contributed by atoms with Crippen LogP contribution in [0.15, 0.2) is 11.1 Å². The Hall–Kier alpha value is -0.910. The lowest BCUT2D eigenvalue weighted by molar-refractivity contribution is -0.985. The quantitative estimate of drug-likeness (QED) is 0.449. The van der Waals surface area contributed by atoms with Gasteiger partial charge in [0.2, 0.25) is 5.72 Å². The summed E-state index contributed by atoms with van der Waals surface area (Å²) in [7, 11) is 3.49. The monoisotopic (exact) mass is 400 g/mol. The van der Waals surface area contributed by atoms with Crippen molar-refractivity contribution in [2.24, 2.45) is 40.4 Å². The van der Waals surface area contributed by atoms with Gasteiger partial charge in [0, 0.05) is 25.4 Å². The normalized spacial score (nSPS) is 60.1. The van der Waals surface area contributed by atoms with Crippen LogP contribution in [0, 0.1) is 40.4 Å². The number of hydrogen-bond acceptors (Lipinski definition) is 4. The van der Waals surface area contributed by atoms with Crippen LogP contribution in [0.4, 0.5) is 0 Å². The first-order chi connectivity index (χ1) is 14.0. The number of quaternary nitrogens is 1. The molecule has 4 heterocycles. The number of nitrogens with zero attached hydrogens (tertiary/aromatic N) is 1. The number of esters is 1. The number of methoxy groups -OCH3 is 2. The van der Waals surface area contributed by atoms with Crippen molar-refractivity contribution in [3.05, 3.63) is 11.1 Å². The van der Waals surface area contributed by atoms with Crippen LogP contribution in [0.1, 0.15) is 45.4 Å². The standard InChI is InChI=1S/C24H34NO4/c1-13-10-25-11-15-6-4-14-5-7-16-17(21(27)28-2)9-23(20(14)16)22(15,12-26)19(25)8-18(13)24(23,25)29-3/h13,15-19,26H,4-12H2,1-3H3/q+1/t13-,15+,16-,17-,18?,19?,22-,23-,24-,25?/m1/s1. The van der Waals surface area contributed by atoms with E-state index in [0.717, 1.165) is 23.7 Å². The van der Waals surface area contributed by atoms with E-state index in [4.69, 9.17) is 9.47 Å². The molecule has 5 bridgehead atoms. The van der Waals surface area contributed by atoms with Crippen molar-refractivity contribution in [3.8, 4) is 0 Å². The number of carbonyl (C=O) groups excluding carboxylic acids is 1. The highest BCUT2D eigenvalue weighted by Gasteiger charge is 2.99. The number of aliphatic hydroxyl groups is 1. The minimum absolute atomic E-state index is 0.0360. The van der Waals surface area contributed by atoms with Crippen LogP contribution >= 0.6 is 0 Å². The molecule has 1 N–H and O–H groups in total. The zero-order valence-corrected chi connectivity index (χ0v) is 17.9. The maximum Gasteiger partial charge on any atom is 0.309 e. The van der Waals surface area contributed by atoms with E-state index in [-0.39, 0.29) is 35.0 Å². The summed E-state index contributed by atoms with van der Waals surface area (Å²) in [5, 5.41) is 11.2. The fraction of sp³-hybridized carbons (Fsp3) is 0.875. The van der Waals surface area contributed by atoms with Gasteiger partial charge in [-0.1, -0.05) is 18.1 Å². The molecule has 3 aliphatic carbocycles. The van der Waals surface area contributed by atoms with Gasteiger partial charge in [0.05, 0.1) is 49.5 Å². The molecule has 1 saturated carbocycles. The minimum Gasteiger partial charge on any atom is -0.469 e. The third-order valence-electron chi connectivity index (χ3n) is 11.7.